The Morgan fingerprint density at radius 3 is 2.42 bits per heavy atom. The molecule has 0 saturated heterocycles. The number of hydrogen-bond acceptors (Lipinski definition) is 2. The van der Waals surface area contributed by atoms with Crippen LogP contribution >= 0.6 is 12.4 Å². The fourth-order valence-electron chi connectivity index (χ4n) is 0.843. The summed E-state index contributed by atoms with van der Waals surface area (Å²) in [6, 6.07) is 3.55. The van der Waals surface area contributed by atoms with E-state index in [-0.39, 0.29) is 18.1 Å². The second-order valence-corrected chi connectivity index (χ2v) is 2.42. The molecule has 3 nitrogen and oxygen atoms in total. The van der Waals surface area contributed by atoms with Gasteiger partial charge >= 0.3 is 5.97 Å². The molecule has 0 atom stereocenters. The minimum absolute atomic E-state index is 0. The molecule has 0 aromatic carbocycles. The van der Waals surface area contributed by atoms with Crippen LogP contribution in [0.3, 0.4) is 0 Å². The zero-order valence-electron chi connectivity index (χ0n) is 6.87. The van der Waals surface area contributed by atoms with Crippen LogP contribution < -0.4 is 0 Å². The number of halogens is 1. The third kappa shape index (κ3) is 2.20. The molecule has 4 heteroatoms. The Hall–Kier alpha value is -1.09. The Morgan fingerprint density at radius 1 is 1.42 bits per heavy atom. The molecule has 0 aliphatic rings. The van der Waals surface area contributed by atoms with E-state index in [0.29, 0.717) is 5.56 Å². The lowest BCUT2D eigenvalue weighted by molar-refractivity contribution is 0.0689. The van der Waals surface area contributed by atoms with Gasteiger partial charge in [-0.25, -0.2) is 9.78 Å². The molecule has 0 radical (unpaired) electrons. The number of carboxylic acids is 1. The first-order valence-corrected chi connectivity index (χ1v) is 3.29. The number of aromatic carboxylic acids is 1. The van der Waals surface area contributed by atoms with Gasteiger partial charge in [-0.15, -0.1) is 12.4 Å². The lowest BCUT2D eigenvalue weighted by atomic mass is 10.2. The number of pyridine rings is 1. The molecule has 0 aliphatic carbocycles. The Morgan fingerprint density at radius 2 is 2.00 bits per heavy atom. The van der Waals surface area contributed by atoms with E-state index in [0.717, 1.165) is 5.69 Å². The second kappa shape index (κ2) is 4.07. The fraction of sp³-hybridized carbons (Fsp3) is 0.250. The molecule has 0 saturated carbocycles. The highest BCUT2D eigenvalue weighted by Gasteiger charge is 2.07. The standard InChI is InChI=1S/C8H9NO2.ClH/c1-5-3-4-6(2)9-7(5)8(10)11;/h3-4H,1-2H3,(H,10,11);1H. The van der Waals surface area contributed by atoms with Crippen molar-refractivity contribution in [3.05, 3.63) is 29.1 Å². The van der Waals surface area contributed by atoms with Crippen molar-refractivity contribution < 1.29 is 9.90 Å². The number of carboxylic acid groups (broad SMARTS) is 1. The fourth-order valence-corrected chi connectivity index (χ4v) is 0.843. The molecular formula is C8H10ClNO2. The van der Waals surface area contributed by atoms with E-state index in [4.69, 9.17) is 5.11 Å². The van der Waals surface area contributed by atoms with Gasteiger partial charge in [-0.1, -0.05) is 6.07 Å². The number of hydrogen-bond donors (Lipinski definition) is 1. The van der Waals surface area contributed by atoms with E-state index in [1.165, 1.54) is 0 Å². The number of aryl methyl sites for hydroxylation is 2. The molecule has 0 amide bonds. The number of aromatic nitrogens is 1. The van der Waals surface area contributed by atoms with Crippen LogP contribution in [0, 0.1) is 13.8 Å². The van der Waals surface area contributed by atoms with Crippen LogP contribution in [0.5, 0.6) is 0 Å². The molecule has 1 aromatic heterocycles. The van der Waals surface area contributed by atoms with Crippen LogP contribution in [0.1, 0.15) is 21.7 Å². The van der Waals surface area contributed by atoms with Crippen LogP contribution in [-0.4, -0.2) is 16.1 Å². The van der Waals surface area contributed by atoms with E-state index >= 15 is 0 Å². The normalized spacial score (nSPS) is 8.83. The minimum atomic E-state index is -0.966. The molecule has 0 aliphatic heterocycles. The van der Waals surface area contributed by atoms with Crippen molar-refractivity contribution >= 4 is 18.4 Å². The number of rotatable bonds is 1. The maximum atomic E-state index is 10.5. The summed E-state index contributed by atoms with van der Waals surface area (Å²) in [5.41, 5.74) is 1.57. The first-order chi connectivity index (χ1) is 5.11. The minimum Gasteiger partial charge on any atom is -0.477 e. The molecule has 1 aromatic rings. The Balaban J connectivity index is 0.00000121. The Labute approximate surface area is 76.9 Å². The van der Waals surface area contributed by atoms with Crippen molar-refractivity contribution in [1.82, 2.24) is 4.98 Å². The summed E-state index contributed by atoms with van der Waals surface area (Å²) >= 11 is 0. The highest BCUT2D eigenvalue weighted by atomic mass is 35.5. The quantitative estimate of drug-likeness (QED) is 0.730. The lowest BCUT2D eigenvalue weighted by Gasteiger charge is -1.99. The van der Waals surface area contributed by atoms with Crippen LogP contribution in [-0.2, 0) is 0 Å². The smallest absolute Gasteiger partial charge is 0.354 e. The molecule has 1 heterocycles. The summed E-state index contributed by atoms with van der Waals surface area (Å²) in [5.74, 6) is -0.966. The SMILES string of the molecule is Cc1ccc(C)c(C(=O)O)n1.Cl. The second-order valence-electron chi connectivity index (χ2n) is 2.42. The third-order valence-corrected chi connectivity index (χ3v) is 1.44. The van der Waals surface area contributed by atoms with Gasteiger partial charge in [0.25, 0.3) is 0 Å². The first-order valence-electron chi connectivity index (χ1n) is 3.29. The zero-order valence-corrected chi connectivity index (χ0v) is 7.68. The van der Waals surface area contributed by atoms with Crippen LogP contribution in [0.25, 0.3) is 0 Å². The van der Waals surface area contributed by atoms with Gasteiger partial charge in [0.05, 0.1) is 0 Å². The van der Waals surface area contributed by atoms with Gasteiger partial charge in [0.15, 0.2) is 5.69 Å². The van der Waals surface area contributed by atoms with Gasteiger partial charge < -0.3 is 5.11 Å². The number of nitrogens with zero attached hydrogens (tertiary/aromatic N) is 1. The maximum Gasteiger partial charge on any atom is 0.354 e. The molecule has 0 spiro atoms. The monoisotopic (exact) mass is 187 g/mol. The molecule has 1 rings (SSSR count). The van der Waals surface area contributed by atoms with Gasteiger partial charge in [0.2, 0.25) is 0 Å². The summed E-state index contributed by atoms with van der Waals surface area (Å²) in [4.78, 5) is 14.4. The van der Waals surface area contributed by atoms with Crippen molar-refractivity contribution in [1.29, 1.82) is 0 Å². The van der Waals surface area contributed by atoms with Gasteiger partial charge in [-0.05, 0) is 25.5 Å². The van der Waals surface area contributed by atoms with Crippen molar-refractivity contribution in [3.8, 4) is 0 Å². The van der Waals surface area contributed by atoms with Crippen molar-refractivity contribution in [2.45, 2.75) is 13.8 Å². The Bertz CT molecular complexity index is 299. The summed E-state index contributed by atoms with van der Waals surface area (Å²) in [5, 5.41) is 8.63. The van der Waals surface area contributed by atoms with E-state index in [1.807, 2.05) is 0 Å². The van der Waals surface area contributed by atoms with E-state index in [2.05, 4.69) is 4.98 Å². The first kappa shape index (κ1) is 10.9. The summed E-state index contributed by atoms with van der Waals surface area (Å²) in [6.07, 6.45) is 0. The molecule has 1 N–H and O–H groups in total. The lowest BCUT2D eigenvalue weighted by Crippen LogP contribution is -2.03. The van der Waals surface area contributed by atoms with E-state index in [9.17, 15) is 4.79 Å². The summed E-state index contributed by atoms with van der Waals surface area (Å²) < 4.78 is 0. The third-order valence-electron chi connectivity index (χ3n) is 1.44. The van der Waals surface area contributed by atoms with Gasteiger partial charge in [-0.3, -0.25) is 0 Å². The van der Waals surface area contributed by atoms with Crippen molar-refractivity contribution in [2.24, 2.45) is 0 Å². The van der Waals surface area contributed by atoms with Gasteiger partial charge in [0.1, 0.15) is 0 Å². The van der Waals surface area contributed by atoms with E-state index in [1.54, 1.807) is 26.0 Å². The van der Waals surface area contributed by atoms with Gasteiger partial charge in [-0.2, -0.15) is 0 Å². The zero-order chi connectivity index (χ0) is 8.43. The molecule has 12 heavy (non-hydrogen) atoms. The average molecular weight is 188 g/mol. The largest absolute Gasteiger partial charge is 0.477 e. The molecule has 0 unspecified atom stereocenters. The molecule has 0 bridgehead atoms. The molecule has 66 valence electrons. The molecule has 0 fully saturated rings. The van der Waals surface area contributed by atoms with Crippen LogP contribution in [0.15, 0.2) is 12.1 Å². The summed E-state index contributed by atoms with van der Waals surface area (Å²) in [7, 11) is 0. The predicted molar refractivity (Wildman–Crippen MR) is 47.9 cm³/mol. The van der Waals surface area contributed by atoms with Crippen molar-refractivity contribution in [3.63, 3.8) is 0 Å². The van der Waals surface area contributed by atoms with Crippen LogP contribution in [0.4, 0.5) is 0 Å². The summed E-state index contributed by atoms with van der Waals surface area (Å²) in [6.45, 7) is 3.50. The Kier molecular flexibility index (Phi) is 3.70. The predicted octanol–water partition coefficient (Wildman–Crippen LogP) is 1.82. The van der Waals surface area contributed by atoms with Gasteiger partial charge in [0, 0.05) is 5.69 Å². The average Bonchev–Trinajstić information content (AvgIpc) is 1.94. The topological polar surface area (TPSA) is 50.2 Å². The molecular weight excluding hydrogens is 178 g/mol. The maximum absolute atomic E-state index is 10.5. The highest BCUT2D eigenvalue weighted by Crippen LogP contribution is 2.05. The van der Waals surface area contributed by atoms with Crippen molar-refractivity contribution in [2.75, 3.05) is 0 Å². The highest BCUT2D eigenvalue weighted by molar-refractivity contribution is 5.86. The number of carbonyl (C=O) groups is 1. The van der Waals surface area contributed by atoms with E-state index < -0.39 is 5.97 Å². The van der Waals surface area contributed by atoms with Crippen LogP contribution in [0.2, 0.25) is 0 Å².